The fourth-order valence-electron chi connectivity index (χ4n) is 2.82. The minimum absolute atomic E-state index is 0.222. The highest BCUT2D eigenvalue weighted by molar-refractivity contribution is 9.09. The van der Waals surface area contributed by atoms with Crippen molar-refractivity contribution in [3.63, 3.8) is 0 Å². The molecule has 106 valence electrons. The van der Waals surface area contributed by atoms with Gasteiger partial charge in [0.15, 0.2) is 0 Å². The number of alkyl halides is 1. The van der Waals surface area contributed by atoms with Gasteiger partial charge in [-0.3, -0.25) is 4.90 Å². The average molecular weight is 349 g/mol. The fourth-order valence-corrected chi connectivity index (χ4v) is 3.48. The van der Waals surface area contributed by atoms with Crippen molar-refractivity contribution in [2.24, 2.45) is 0 Å². The van der Waals surface area contributed by atoms with Gasteiger partial charge in [0.1, 0.15) is 5.82 Å². The molecule has 1 aromatic carbocycles. The first kappa shape index (κ1) is 15.3. The standard InChI is InChI=1S/C15H20BrClFN/c16-8-9-19(13-4-2-1-3-5-13)11-12-6-7-15(18)14(17)10-12/h6-7,10,13H,1-5,8-9,11H2. The normalized spacial score (nSPS) is 17.1. The Morgan fingerprint density at radius 2 is 2.00 bits per heavy atom. The van der Waals surface area contributed by atoms with Gasteiger partial charge in [-0.2, -0.15) is 0 Å². The summed E-state index contributed by atoms with van der Waals surface area (Å²) < 4.78 is 13.2. The highest BCUT2D eigenvalue weighted by Gasteiger charge is 2.20. The zero-order valence-electron chi connectivity index (χ0n) is 11.0. The summed E-state index contributed by atoms with van der Waals surface area (Å²) in [6, 6.07) is 5.71. The minimum Gasteiger partial charge on any atom is -0.295 e. The third-order valence-corrected chi connectivity index (χ3v) is 4.48. The van der Waals surface area contributed by atoms with E-state index in [1.807, 2.05) is 6.07 Å². The topological polar surface area (TPSA) is 3.24 Å². The lowest BCUT2D eigenvalue weighted by Gasteiger charge is -2.34. The quantitative estimate of drug-likeness (QED) is 0.676. The number of benzene rings is 1. The predicted molar refractivity (Wildman–Crippen MR) is 82.5 cm³/mol. The Morgan fingerprint density at radius 3 is 2.63 bits per heavy atom. The van der Waals surface area contributed by atoms with E-state index in [0.717, 1.165) is 24.0 Å². The molecule has 0 atom stereocenters. The van der Waals surface area contributed by atoms with Crippen LogP contribution in [0.1, 0.15) is 37.7 Å². The van der Waals surface area contributed by atoms with Gasteiger partial charge in [-0.25, -0.2) is 4.39 Å². The molecule has 0 amide bonds. The Balaban J connectivity index is 2.04. The first-order valence-corrected chi connectivity index (χ1v) is 8.44. The maximum atomic E-state index is 13.2. The molecule has 0 heterocycles. The van der Waals surface area contributed by atoms with Crippen molar-refractivity contribution < 1.29 is 4.39 Å². The molecule has 1 aromatic rings. The van der Waals surface area contributed by atoms with Gasteiger partial charge in [-0.1, -0.05) is 52.9 Å². The van der Waals surface area contributed by atoms with Gasteiger partial charge in [0.05, 0.1) is 5.02 Å². The summed E-state index contributed by atoms with van der Waals surface area (Å²) in [6.45, 7) is 1.88. The molecule has 4 heteroatoms. The number of hydrogen-bond acceptors (Lipinski definition) is 1. The van der Waals surface area contributed by atoms with E-state index in [1.54, 1.807) is 6.07 Å². The van der Waals surface area contributed by atoms with Crippen LogP contribution in [0.25, 0.3) is 0 Å². The van der Waals surface area contributed by atoms with Gasteiger partial charge in [-0.15, -0.1) is 0 Å². The molecule has 0 saturated heterocycles. The van der Waals surface area contributed by atoms with Crippen molar-refractivity contribution in [1.29, 1.82) is 0 Å². The van der Waals surface area contributed by atoms with Gasteiger partial charge >= 0.3 is 0 Å². The van der Waals surface area contributed by atoms with Crippen LogP contribution in [0.4, 0.5) is 4.39 Å². The molecule has 0 bridgehead atoms. The van der Waals surface area contributed by atoms with E-state index in [9.17, 15) is 4.39 Å². The highest BCUT2D eigenvalue weighted by Crippen LogP contribution is 2.25. The number of rotatable bonds is 5. The molecule has 0 unspecified atom stereocenters. The van der Waals surface area contributed by atoms with Crippen molar-refractivity contribution >= 4 is 27.5 Å². The zero-order chi connectivity index (χ0) is 13.7. The van der Waals surface area contributed by atoms with Crippen LogP contribution in [-0.2, 0) is 6.54 Å². The van der Waals surface area contributed by atoms with Crippen LogP contribution in [0.2, 0.25) is 5.02 Å². The minimum atomic E-state index is -0.338. The van der Waals surface area contributed by atoms with Crippen LogP contribution in [0.3, 0.4) is 0 Å². The maximum Gasteiger partial charge on any atom is 0.141 e. The summed E-state index contributed by atoms with van der Waals surface area (Å²) in [6.07, 6.45) is 6.58. The molecule has 1 saturated carbocycles. The summed E-state index contributed by atoms with van der Waals surface area (Å²) in [4.78, 5) is 2.50. The Hall–Kier alpha value is -0.120. The molecule has 0 N–H and O–H groups in total. The number of nitrogens with zero attached hydrogens (tertiary/aromatic N) is 1. The van der Waals surface area contributed by atoms with Gasteiger partial charge in [0.2, 0.25) is 0 Å². The third-order valence-electron chi connectivity index (χ3n) is 3.83. The largest absolute Gasteiger partial charge is 0.295 e. The SMILES string of the molecule is Fc1ccc(CN(CCBr)C2CCCCC2)cc1Cl. The van der Waals surface area contributed by atoms with Crippen LogP contribution in [0.15, 0.2) is 18.2 Å². The first-order valence-electron chi connectivity index (χ1n) is 6.94. The van der Waals surface area contributed by atoms with Crippen LogP contribution >= 0.6 is 27.5 Å². The lowest BCUT2D eigenvalue weighted by molar-refractivity contribution is 0.158. The highest BCUT2D eigenvalue weighted by atomic mass is 79.9. The Kier molecular flexibility index (Phi) is 6.11. The molecule has 1 aliphatic carbocycles. The summed E-state index contributed by atoms with van der Waals surface area (Å²) >= 11 is 9.39. The first-order chi connectivity index (χ1) is 9.20. The van der Waals surface area contributed by atoms with E-state index in [2.05, 4.69) is 20.8 Å². The van der Waals surface area contributed by atoms with Crippen LogP contribution in [-0.4, -0.2) is 22.8 Å². The van der Waals surface area contributed by atoms with E-state index in [-0.39, 0.29) is 10.8 Å². The van der Waals surface area contributed by atoms with E-state index in [4.69, 9.17) is 11.6 Å². The Morgan fingerprint density at radius 1 is 1.26 bits per heavy atom. The molecular formula is C15H20BrClFN. The second-order valence-electron chi connectivity index (χ2n) is 5.20. The molecule has 0 aliphatic heterocycles. The zero-order valence-corrected chi connectivity index (χ0v) is 13.4. The summed E-state index contributed by atoms with van der Waals surface area (Å²) in [5.74, 6) is -0.338. The van der Waals surface area contributed by atoms with Crippen LogP contribution < -0.4 is 0 Å². The maximum absolute atomic E-state index is 13.2. The second-order valence-corrected chi connectivity index (χ2v) is 6.40. The predicted octanol–water partition coefficient (Wildman–Crippen LogP) is 5.01. The second kappa shape index (κ2) is 7.61. The Labute approximate surface area is 128 Å². The van der Waals surface area contributed by atoms with E-state index in [1.165, 1.54) is 38.2 Å². The average Bonchev–Trinajstić information content (AvgIpc) is 2.43. The summed E-state index contributed by atoms with van der Waals surface area (Å²) in [7, 11) is 0. The lowest BCUT2D eigenvalue weighted by Crippen LogP contribution is -2.37. The van der Waals surface area contributed by atoms with Gasteiger partial charge in [-0.05, 0) is 30.5 Å². The number of hydrogen-bond donors (Lipinski definition) is 0. The third kappa shape index (κ3) is 4.44. The van der Waals surface area contributed by atoms with Crippen LogP contribution in [0.5, 0.6) is 0 Å². The smallest absolute Gasteiger partial charge is 0.141 e. The van der Waals surface area contributed by atoms with Crippen molar-refractivity contribution in [3.05, 3.63) is 34.6 Å². The van der Waals surface area contributed by atoms with Gasteiger partial charge in [0.25, 0.3) is 0 Å². The molecule has 0 aromatic heterocycles. The summed E-state index contributed by atoms with van der Waals surface area (Å²) in [5, 5.41) is 1.19. The van der Waals surface area contributed by atoms with Gasteiger partial charge < -0.3 is 0 Å². The van der Waals surface area contributed by atoms with Crippen molar-refractivity contribution in [3.8, 4) is 0 Å². The molecule has 1 aliphatic rings. The Bertz CT molecular complexity index is 407. The molecule has 1 nitrogen and oxygen atoms in total. The van der Waals surface area contributed by atoms with Crippen molar-refractivity contribution in [2.45, 2.75) is 44.7 Å². The van der Waals surface area contributed by atoms with Crippen molar-refractivity contribution in [1.82, 2.24) is 4.90 Å². The fraction of sp³-hybridized carbons (Fsp3) is 0.600. The molecular weight excluding hydrogens is 329 g/mol. The molecule has 19 heavy (non-hydrogen) atoms. The van der Waals surface area contributed by atoms with E-state index < -0.39 is 0 Å². The molecule has 2 rings (SSSR count). The molecule has 0 radical (unpaired) electrons. The monoisotopic (exact) mass is 347 g/mol. The van der Waals surface area contributed by atoms with E-state index >= 15 is 0 Å². The lowest BCUT2D eigenvalue weighted by atomic mass is 9.94. The summed E-state index contributed by atoms with van der Waals surface area (Å²) in [5.41, 5.74) is 1.10. The number of halogens is 3. The van der Waals surface area contributed by atoms with Crippen LogP contribution in [0, 0.1) is 5.82 Å². The van der Waals surface area contributed by atoms with E-state index in [0.29, 0.717) is 6.04 Å². The molecule has 0 spiro atoms. The van der Waals surface area contributed by atoms with Crippen molar-refractivity contribution in [2.75, 3.05) is 11.9 Å². The van der Waals surface area contributed by atoms with Gasteiger partial charge in [0, 0.05) is 24.5 Å². The molecule has 1 fully saturated rings.